The summed E-state index contributed by atoms with van der Waals surface area (Å²) in [4.78, 5) is 11.5. The van der Waals surface area contributed by atoms with Crippen LogP contribution in [0.4, 0.5) is 0 Å². The van der Waals surface area contributed by atoms with Crippen LogP contribution in [0.2, 0.25) is 0 Å². The summed E-state index contributed by atoms with van der Waals surface area (Å²) in [6.07, 6.45) is 0.637. The molecular formula is C12H22N4O. The quantitative estimate of drug-likeness (QED) is 0.768. The molecule has 5 heteroatoms. The van der Waals surface area contributed by atoms with Crippen LogP contribution in [-0.2, 0) is 11.3 Å². The standard InChI is InChI=1S/C12H22N4O/c1-5-14-12(4,11(13)17)6-7-16-10(3)8-9(2)15-16/h8,14H,5-7H2,1-4H3,(H2,13,17). The first-order valence-corrected chi connectivity index (χ1v) is 5.95. The topological polar surface area (TPSA) is 72.9 Å². The van der Waals surface area contributed by atoms with Gasteiger partial charge in [0.25, 0.3) is 0 Å². The van der Waals surface area contributed by atoms with Crippen LogP contribution >= 0.6 is 0 Å². The van der Waals surface area contributed by atoms with E-state index in [-0.39, 0.29) is 5.91 Å². The molecule has 0 bridgehead atoms. The Bertz CT molecular complexity index is 399. The van der Waals surface area contributed by atoms with Gasteiger partial charge in [0.1, 0.15) is 0 Å². The Morgan fingerprint density at radius 1 is 1.59 bits per heavy atom. The Hall–Kier alpha value is -1.36. The number of hydrogen-bond donors (Lipinski definition) is 2. The van der Waals surface area contributed by atoms with Gasteiger partial charge in [-0.1, -0.05) is 6.92 Å². The summed E-state index contributed by atoms with van der Waals surface area (Å²) in [5, 5.41) is 7.51. The highest BCUT2D eigenvalue weighted by molar-refractivity contribution is 5.84. The first-order chi connectivity index (χ1) is 7.89. The molecule has 0 saturated heterocycles. The number of aryl methyl sites for hydroxylation is 3. The van der Waals surface area contributed by atoms with Crippen LogP contribution in [0.25, 0.3) is 0 Å². The van der Waals surface area contributed by atoms with Crippen molar-refractivity contribution in [3.05, 3.63) is 17.5 Å². The number of rotatable bonds is 6. The van der Waals surface area contributed by atoms with Crippen LogP contribution in [0.15, 0.2) is 6.07 Å². The Balaban J connectivity index is 2.70. The average Bonchev–Trinajstić information content (AvgIpc) is 2.54. The van der Waals surface area contributed by atoms with Gasteiger partial charge in [0.15, 0.2) is 0 Å². The molecule has 0 aliphatic rings. The van der Waals surface area contributed by atoms with Gasteiger partial charge in [0.05, 0.1) is 11.2 Å². The van der Waals surface area contributed by atoms with Crippen molar-refractivity contribution in [3.8, 4) is 0 Å². The van der Waals surface area contributed by atoms with Crippen molar-refractivity contribution in [3.63, 3.8) is 0 Å². The lowest BCUT2D eigenvalue weighted by atomic mass is 9.97. The molecule has 0 aliphatic heterocycles. The third kappa shape index (κ3) is 3.30. The molecule has 5 nitrogen and oxygen atoms in total. The molecule has 96 valence electrons. The van der Waals surface area contributed by atoms with Gasteiger partial charge in [-0.05, 0) is 39.8 Å². The van der Waals surface area contributed by atoms with E-state index in [2.05, 4.69) is 10.4 Å². The van der Waals surface area contributed by atoms with Gasteiger partial charge in [0.2, 0.25) is 5.91 Å². The molecule has 1 aromatic rings. The van der Waals surface area contributed by atoms with E-state index in [1.165, 1.54) is 0 Å². The molecule has 1 atom stereocenters. The fraction of sp³-hybridized carbons (Fsp3) is 0.667. The van der Waals surface area contributed by atoms with Gasteiger partial charge < -0.3 is 11.1 Å². The minimum absolute atomic E-state index is 0.319. The maximum Gasteiger partial charge on any atom is 0.237 e. The van der Waals surface area contributed by atoms with Gasteiger partial charge >= 0.3 is 0 Å². The first kappa shape index (κ1) is 13.7. The maximum atomic E-state index is 11.5. The third-order valence-corrected chi connectivity index (χ3v) is 3.04. The van der Waals surface area contributed by atoms with Crippen LogP contribution < -0.4 is 11.1 Å². The Morgan fingerprint density at radius 2 is 2.24 bits per heavy atom. The number of nitrogens with two attached hydrogens (primary N) is 1. The summed E-state index contributed by atoms with van der Waals surface area (Å²) in [6.45, 7) is 9.17. The van der Waals surface area contributed by atoms with Crippen molar-refractivity contribution in [2.45, 2.75) is 46.2 Å². The summed E-state index contributed by atoms with van der Waals surface area (Å²) in [7, 11) is 0. The average molecular weight is 238 g/mol. The van der Waals surface area contributed by atoms with Crippen molar-refractivity contribution in [1.29, 1.82) is 0 Å². The summed E-state index contributed by atoms with van der Waals surface area (Å²) in [5.41, 5.74) is 6.86. The third-order valence-electron chi connectivity index (χ3n) is 3.04. The number of carbonyl (C=O) groups excluding carboxylic acids is 1. The number of hydrogen-bond acceptors (Lipinski definition) is 3. The summed E-state index contributed by atoms with van der Waals surface area (Å²) < 4.78 is 1.91. The number of likely N-dealkylation sites (N-methyl/N-ethyl adjacent to an activating group) is 1. The van der Waals surface area contributed by atoms with Gasteiger partial charge in [-0.25, -0.2) is 0 Å². The van der Waals surface area contributed by atoms with Crippen LogP contribution in [0.5, 0.6) is 0 Å². The second kappa shape index (κ2) is 5.31. The van der Waals surface area contributed by atoms with E-state index in [1.54, 1.807) is 0 Å². The molecule has 0 spiro atoms. The number of primary amides is 1. The van der Waals surface area contributed by atoms with Crippen LogP contribution in [0.1, 0.15) is 31.7 Å². The molecule has 0 aliphatic carbocycles. The molecule has 3 N–H and O–H groups in total. The van der Waals surface area contributed by atoms with Crippen LogP contribution in [-0.4, -0.2) is 27.8 Å². The van der Waals surface area contributed by atoms with Crippen molar-refractivity contribution in [2.24, 2.45) is 5.73 Å². The van der Waals surface area contributed by atoms with Crippen molar-refractivity contribution >= 4 is 5.91 Å². The molecule has 0 fully saturated rings. The van der Waals surface area contributed by atoms with E-state index in [4.69, 9.17) is 5.73 Å². The van der Waals surface area contributed by atoms with Crippen LogP contribution in [0.3, 0.4) is 0 Å². The minimum Gasteiger partial charge on any atom is -0.368 e. The second-order valence-corrected chi connectivity index (χ2v) is 4.63. The molecular weight excluding hydrogens is 216 g/mol. The summed E-state index contributed by atoms with van der Waals surface area (Å²) in [6, 6.07) is 2.02. The van der Waals surface area contributed by atoms with E-state index in [0.717, 1.165) is 17.9 Å². The molecule has 0 radical (unpaired) electrons. The highest BCUT2D eigenvalue weighted by atomic mass is 16.1. The zero-order valence-electron chi connectivity index (χ0n) is 11.1. The fourth-order valence-corrected chi connectivity index (χ4v) is 1.92. The molecule has 1 heterocycles. The molecule has 17 heavy (non-hydrogen) atoms. The van der Waals surface area contributed by atoms with Crippen molar-refractivity contribution < 1.29 is 4.79 Å². The van der Waals surface area contributed by atoms with E-state index in [1.807, 2.05) is 38.4 Å². The van der Waals surface area contributed by atoms with Gasteiger partial charge in [0, 0.05) is 12.2 Å². The normalized spacial score (nSPS) is 14.6. The zero-order valence-corrected chi connectivity index (χ0v) is 11.1. The predicted octanol–water partition coefficient (Wildman–Crippen LogP) is 0.744. The number of carbonyl (C=O) groups is 1. The molecule has 1 unspecified atom stereocenters. The smallest absolute Gasteiger partial charge is 0.237 e. The molecule has 1 amide bonds. The first-order valence-electron chi connectivity index (χ1n) is 5.95. The maximum absolute atomic E-state index is 11.5. The monoisotopic (exact) mass is 238 g/mol. The number of nitrogens with zero attached hydrogens (tertiary/aromatic N) is 2. The zero-order chi connectivity index (χ0) is 13.1. The summed E-state index contributed by atoms with van der Waals surface area (Å²) in [5.74, 6) is -0.319. The minimum atomic E-state index is -0.666. The lowest BCUT2D eigenvalue weighted by molar-refractivity contribution is -0.124. The Morgan fingerprint density at radius 3 is 2.65 bits per heavy atom. The van der Waals surface area contributed by atoms with Crippen molar-refractivity contribution in [1.82, 2.24) is 15.1 Å². The van der Waals surface area contributed by atoms with Gasteiger partial charge in [-0.2, -0.15) is 5.10 Å². The highest BCUT2D eigenvalue weighted by Gasteiger charge is 2.29. The van der Waals surface area contributed by atoms with Gasteiger partial charge in [-0.3, -0.25) is 9.48 Å². The molecule has 1 rings (SSSR count). The summed E-state index contributed by atoms with van der Waals surface area (Å²) >= 11 is 0. The van der Waals surface area contributed by atoms with E-state index in [0.29, 0.717) is 13.0 Å². The molecule has 1 aromatic heterocycles. The van der Waals surface area contributed by atoms with Crippen molar-refractivity contribution in [2.75, 3.05) is 6.54 Å². The molecule has 0 aromatic carbocycles. The second-order valence-electron chi connectivity index (χ2n) is 4.63. The molecule has 0 saturated carbocycles. The van der Waals surface area contributed by atoms with E-state index >= 15 is 0 Å². The van der Waals surface area contributed by atoms with E-state index in [9.17, 15) is 4.79 Å². The lowest BCUT2D eigenvalue weighted by Gasteiger charge is -2.27. The predicted molar refractivity (Wildman–Crippen MR) is 67.6 cm³/mol. The number of amides is 1. The fourth-order valence-electron chi connectivity index (χ4n) is 1.92. The SMILES string of the molecule is CCNC(C)(CCn1nc(C)cc1C)C(N)=O. The number of nitrogens with one attached hydrogen (secondary N) is 1. The highest BCUT2D eigenvalue weighted by Crippen LogP contribution is 2.12. The van der Waals surface area contributed by atoms with Gasteiger partial charge in [-0.15, -0.1) is 0 Å². The van der Waals surface area contributed by atoms with Crippen LogP contribution in [0, 0.1) is 13.8 Å². The Labute approximate surface area is 102 Å². The largest absolute Gasteiger partial charge is 0.368 e. The Kier molecular flexibility index (Phi) is 4.28. The van der Waals surface area contributed by atoms with E-state index < -0.39 is 5.54 Å². The number of aromatic nitrogens is 2. The lowest BCUT2D eigenvalue weighted by Crippen LogP contribution is -2.53.